The highest BCUT2D eigenvalue weighted by Gasteiger charge is 2.56. The molecule has 0 aliphatic heterocycles. The quantitative estimate of drug-likeness (QED) is 0.672. The second-order valence-electron chi connectivity index (χ2n) is 10.4. The van der Waals surface area contributed by atoms with Crippen LogP contribution in [0.5, 0.6) is 0 Å². The SMILES string of the molecule is CC(C)(C)CC1([Si](NC(C)(C)C)(c2ccccc2)c2ccccc2)C=CC=C1. The maximum atomic E-state index is 4.24. The van der Waals surface area contributed by atoms with Crippen LogP contribution in [0.15, 0.2) is 85.0 Å². The minimum atomic E-state index is -2.43. The minimum Gasteiger partial charge on any atom is -0.325 e. The summed E-state index contributed by atoms with van der Waals surface area (Å²) in [7, 11) is -2.43. The van der Waals surface area contributed by atoms with E-state index in [4.69, 9.17) is 0 Å². The fourth-order valence-corrected chi connectivity index (χ4v) is 10.7. The summed E-state index contributed by atoms with van der Waals surface area (Å²) in [5.41, 5.74) is 0.202. The van der Waals surface area contributed by atoms with Gasteiger partial charge in [-0.3, -0.25) is 0 Å². The molecule has 0 saturated carbocycles. The van der Waals surface area contributed by atoms with E-state index >= 15 is 0 Å². The zero-order valence-corrected chi connectivity index (χ0v) is 19.3. The van der Waals surface area contributed by atoms with Crippen LogP contribution in [0.1, 0.15) is 48.0 Å². The van der Waals surface area contributed by atoms with E-state index in [2.05, 4.69) is 131 Å². The highest BCUT2D eigenvalue weighted by atomic mass is 28.3. The van der Waals surface area contributed by atoms with E-state index in [1.165, 1.54) is 10.4 Å². The maximum absolute atomic E-state index is 4.24. The van der Waals surface area contributed by atoms with Gasteiger partial charge in [-0.25, -0.2) is 0 Å². The van der Waals surface area contributed by atoms with Crippen molar-refractivity contribution < 1.29 is 0 Å². The molecule has 2 aromatic rings. The Morgan fingerprint density at radius 1 is 0.714 bits per heavy atom. The smallest absolute Gasteiger partial charge is 0.204 e. The summed E-state index contributed by atoms with van der Waals surface area (Å²) in [4.78, 5) is 4.24. The second-order valence-corrected chi connectivity index (χ2v) is 14.2. The standard InChI is InChI=1S/C26H35NSi/c1-24(2,3)21-26(19-13-14-20-26)28(27-25(4,5)6,22-15-9-7-10-16-22)23-17-11-8-12-18-23/h7-20,27H,21H2,1-6H3. The molecule has 0 atom stereocenters. The number of benzene rings is 2. The highest BCUT2D eigenvalue weighted by molar-refractivity contribution is 7.03. The largest absolute Gasteiger partial charge is 0.325 e. The van der Waals surface area contributed by atoms with Gasteiger partial charge in [0.25, 0.3) is 0 Å². The zero-order chi connectivity index (χ0) is 20.5. The Morgan fingerprint density at radius 3 is 1.50 bits per heavy atom. The van der Waals surface area contributed by atoms with Gasteiger partial charge < -0.3 is 4.98 Å². The van der Waals surface area contributed by atoms with Crippen molar-refractivity contribution in [2.45, 2.75) is 58.5 Å². The fraction of sp³-hybridized carbons (Fsp3) is 0.385. The third-order valence-electron chi connectivity index (χ3n) is 5.40. The van der Waals surface area contributed by atoms with Gasteiger partial charge in [-0.2, -0.15) is 0 Å². The molecule has 0 unspecified atom stereocenters. The van der Waals surface area contributed by atoms with Crippen molar-refractivity contribution in [3.63, 3.8) is 0 Å². The molecule has 1 nitrogen and oxygen atoms in total. The Labute approximate surface area is 172 Å². The lowest BCUT2D eigenvalue weighted by atomic mass is 9.84. The fourth-order valence-electron chi connectivity index (χ4n) is 4.79. The van der Waals surface area contributed by atoms with Gasteiger partial charge in [0.1, 0.15) is 0 Å². The summed E-state index contributed by atoms with van der Waals surface area (Å²) < 4.78 is 0. The van der Waals surface area contributed by atoms with Crippen molar-refractivity contribution in [3.05, 3.63) is 85.0 Å². The first kappa shape index (κ1) is 20.8. The molecule has 0 spiro atoms. The van der Waals surface area contributed by atoms with Crippen LogP contribution in [0.25, 0.3) is 0 Å². The lowest BCUT2D eigenvalue weighted by Gasteiger charge is -2.51. The van der Waals surface area contributed by atoms with Gasteiger partial charge in [0.15, 0.2) is 0 Å². The topological polar surface area (TPSA) is 12.0 Å². The molecule has 0 aromatic heterocycles. The molecular weight excluding hydrogens is 354 g/mol. The van der Waals surface area contributed by atoms with Gasteiger partial charge in [0.2, 0.25) is 8.24 Å². The van der Waals surface area contributed by atoms with Crippen LogP contribution in [-0.2, 0) is 0 Å². The van der Waals surface area contributed by atoms with E-state index in [9.17, 15) is 0 Å². The second kappa shape index (κ2) is 7.49. The molecule has 28 heavy (non-hydrogen) atoms. The molecule has 1 aliphatic rings. The van der Waals surface area contributed by atoms with Crippen LogP contribution in [0.2, 0.25) is 5.04 Å². The number of rotatable bonds is 5. The molecule has 148 valence electrons. The van der Waals surface area contributed by atoms with Crippen molar-refractivity contribution in [1.82, 2.24) is 4.98 Å². The van der Waals surface area contributed by atoms with Gasteiger partial charge in [-0.1, -0.05) is 106 Å². The van der Waals surface area contributed by atoms with Crippen molar-refractivity contribution in [3.8, 4) is 0 Å². The van der Waals surface area contributed by atoms with Gasteiger partial charge >= 0.3 is 0 Å². The van der Waals surface area contributed by atoms with Crippen molar-refractivity contribution in [2.24, 2.45) is 5.41 Å². The molecule has 2 heteroatoms. The van der Waals surface area contributed by atoms with E-state index in [-0.39, 0.29) is 16.0 Å². The van der Waals surface area contributed by atoms with E-state index < -0.39 is 8.24 Å². The van der Waals surface area contributed by atoms with E-state index in [0.29, 0.717) is 0 Å². The number of allylic oxidation sites excluding steroid dienone is 4. The van der Waals surface area contributed by atoms with E-state index in [1.807, 2.05) is 0 Å². The Bertz CT molecular complexity index is 784. The average molecular weight is 390 g/mol. The first-order valence-corrected chi connectivity index (χ1v) is 12.4. The summed E-state index contributed by atoms with van der Waals surface area (Å²) >= 11 is 0. The lowest BCUT2D eigenvalue weighted by Crippen LogP contribution is -2.78. The van der Waals surface area contributed by atoms with Gasteiger partial charge in [-0.05, 0) is 43.0 Å². The number of hydrogen-bond donors (Lipinski definition) is 1. The van der Waals surface area contributed by atoms with E-state index in [1.54, 1.807) is 0 Å². The maximum Gasteiger partial charge on any atom is 0.204 e. The van der Waals surface area contributed by atoms with Crippen molar-refractivity contribution in [2.75, 3.05) is 0 Å². The average Bonchev–Trinajstić information content (AvgIpc) is 3.08. The van der Waals surface area contributed by atoms with Crippen LogP contribution in [0, 0.1) is 5.41 Å². The Kier molecular flexibility index (Phi) is 5.57. The number of nitrogens with one attached hydrogen (secondary N) is 1. The highest BCUT2D eigenvalue weighted by Crippen LogP contribution is 2.51. The minimum absolute atomic E-state index is 0.00689. The molecule has 0 fully saturated rings. The van der Waals surface area contributed by atoms with Crippen LogP contribution in [0.4, 0.5) is 0 Å². The predicted molar refractivity (Wildman–Crippen MR) is 126 cm³/mol. The summed E-state index contributed by atoms with van der Waals surface area (Å²) in [5.74, 6) is 0. The summed E-state index contributed by atoms with van der Waals surface area (Å²) in [5, 5.41) is 2.86. The zero-order valence-electron chi connectivity index (χ0n) is 18.3. The van der Waals surface area contributed by atoms with Crippen molar-refractivity contribution >= 4 is 18.6 Å². The molecule has 0 radical (unpaired) electrons. The van der Waals surface area contributed by atoms with Crippen LogP contribution < -0.4 is 15.4 Å². The molecule has 0 amide bonds. The van der Waals surface area contributed by atoms with Crippen LogP contribution in [0.3, 0.4) is 0 Å². The molecule has 0 bridgehead atoms. The predicted octanol–water partition coefficient (Wildman–Crippen LogP) is 5.44. The molecule has 3 rings (SSSR count). The third kappa shape index (κ3) is 4.08. The lowest BCUT2D eigenvalue weighted by molar-refractivity contribution is 0.350. The molecule has 0 heterocycles. The molecule has 2 aromatic carbocycles. The van der Waals surface area contributed by atoms with E-state index in [0.717, 1.165) is 6.42 Å². The summed E-state index contributed by atoms with van der Waals surface area (Å²) in [6, 6.07) is 22.4. The molecular formula is C26H35NSi. The Balaban J connectivity index is 2.38. The first-order chi connectivity index (χ1) is 13.1. The van der Waals surface area contributed by atoms with Crippen LogP contribution >= 0.6 is 0 Å². The van der Waals surface area contributed by atoms with Crippen LogP contribution in [-0.4, -0.2) is 13.8 Å². The molecule has 0 saturated heterocycles. The summed E-state index contributed by atoms with van der Waals surface area (Å²) in [6.45, 7) is 14.0. The monoisotopic (exact) mass is 389 g/mol. The Hall–Kier alpha value is -1.90. The third-order valence-corrected chi connectivity index (χ3v) is 10.8. The van der Waals surface area contributed by atoms with Gasteiger partial charge in [-0.15, -0.1) is 0 Å². The Morgan fingerprint density at radius 2 is 1.14 bits per heavy atom. The normalized spacial score (nSPS) is 16.5. The van der Waals surface area contributed by atoms with Crippen molar-refractivity contribution in [1.29, 1.82) is 0 Å². The summed E-state index contributed by atoms with van der Waals surface area (Å²) in [6.07, 6.45) is 10.6. The molecule has 1 aliphatic carbocycles. The van der Waals surface area contributed by atoms with Gasteiger partial charge in [0.05, 0.1) is 0 Å². The van der Waals surface area contributed by atoms with Gasteiger partial charge in [0, 0.05) is 10.6 Å². The first-order valence-electron chi connectivity index (χ1n) is 10.4. The molecule has 1 N–H and O–H groups in total. The number of hydrogen-bond acceptors (Lipinski definition) is 1.